The first-order chi connectivity index (χ1) is 17.9. The second-order valence-corrected chi connectivity index (χ2v) is 10.5. The van der Waals surface area contributed by atoms with Gasteiger partial charge in [0.05, 0.1) is 18.0 Å². The van der Waals surface area contributed by atoms with Gasteiger partial charge in [-0.25, -0.2) is 4.98 Å². The number of carboxylic acids is 1. The monoisotopic (exact) mass is 517 g/mol. The molecule has 3 aromatic heterocycles. The Bertz CT molecular complexity index is 1430. The number of carboxylic acid groups (broad SMARTS) is 1. The Hall–Kier alpha value is -3.79. The molecule has 1 unspecified atom stereocenters. The Morgan fingerprint density at radius 3 is 2.65 bits per heavy atom. The molecule has 37 heavy (non-hydrogen) atoms. The Balaban J connectivity index is 1.50. The number of aliphatic imine (C=N–C) groups is 1. The molecule has 0 radical (unpaired) electrons. The smallest absolute Gasteiger partial charge is 0.309 e. The van der Waals surface area contributed by atoms with E-state index in [9.17, 15) is 9.90 Å². The minimum absolute atomic E-state index is 0.441. The Morgan fingerprint density at radius 1 is 1.19 bits per heavy atom. The predicted octanol–water partition coefficient (Wildman–Crippen LogP) is 4.96. The number of fused-ring (bicyclic) bond motifs is 3. The van der Waals surface area contributed by atoms with Gasteiger partial charge in [-0.15, -0.1) is 21.5 Å². The number of benzene rings is 1. The molecule has 9 nitrogen and oxygen atoms in total. The number of nitrogens with one attached hydrogen (secondary N) is 1. The third kappa shape index (κ3) is 4.69. The minimum atomic E-state index is -0.879. The highest BCUT2D eigenvalue weighted by atomic mass is 32.1. The number of anilines is 1. The minimum Gasteiger partial charge on any atom is -0.481 e. The summed E-state index contributed by atoms with van der Waals surface area (Å²) in [7, 11) is 0. The highest BCUT2D eigenvalue weighted by Crippen LogP contribution is 2.41. The Kier molecular flexibility index (Phi) is 6.92. The zero-order chi connectivity index (χ0) is 26.1. The van der Waals surface area contributed by atoms with Crippen LogP contribution in [0.25, 0.3) is 5.00 Å². The number of imidazole rings is 1. The fourth-order valence-electron chi connectivity index (χ4n) is 4.81. The van der Waals surface area contributed by atoms with E-state index in [1.54, 1.807) is 17.5 Å². The van der Waals surface area contributed by atoms with Crippen LogP contribution in [0.4, 0.5) is 5.69 Å². The molecule has 4 aromatic rings. The third-order valence-corrected chi connectivity index (χ3v) is 8.16. The lowest BCUT2D eigenvalue weighted by Gasteiger charge is -2.19. The summed E-state index contributed by atoms with van der Waals surface area (Å²) in [6.07, 6.45) is 7.01. The van der Waals surface area contributed by atoms with Gasteiger partial charge >= 0.3 is 5.97 Å². The molecule has 0 saturated heterocycles. The van der Waals surface area contributed by atoms with Crippen molar-refractivity contribution >= 4 is 28.7 Å². The number of hydrogen-bond acceptors (Lipinski definition) is 7. The van der Waals surface area contributed by atoms with Gasteiger partial charge < -0.3 is 15.0 Å². The Labute approximate surface area is 219 Å². The zero-order valence-corrected chi connectivity index (χ0v) is 22.3. The van der Waals surface area contributed by atoms with Crippen molar-refractivity contribution < 1.29 is 9.90 Å². The van der Waals surface area contributed by atoms with Gasteiger partial charge in [0.25, 0.3) is 0 Å². The van der Waals surface area contributed by atoms with Gasteiger partial charge in [-0.05, 0) is 51.3 Å². The van der Waals surface area contributed by atoms with Crippen LogP contribution < -0.4 is 5.32 Å². The second-order valence-electron chi connectivity index (χ2n) is 9.34. The first kappa shape index (κ1) is 24.9. The van der Waals surface area contributed by atoms with E-state index in [4.69, 9.17) is 4.99 Å². The van der Waals surface area contributed by atoms with E-state index in [0.29, 0.717) is 12.2 Å². The first-order valence-electron chi connectivity index (χ1n) is 12.5. The standard InChI is InChI=1S/C27H31N7O2S/c1-5-21(27(35)36)24-25-32-31-18(4)34(25)26-22(16(2)17(3)37-26)23(30-24)19-7-9-20(10-8-19)29-11-6-13-33-14-12-28-15-33/h7-10,12,14-15,21,24,29H,5-6,11,13H2,1-4H3,(H,35,36)/t21?,24-/m0/s1. The van der Waals surface area contributed by atoms with Gasteiger partial charge in [0, 0.05) is 47.2 Å². The van der Waals surface area contributed by atoms with E-state index >= 15 is 0 Å². The zero-order valence-electron chi connectivity index (χ0n) is 21.5. The SMILES string of the molecule is CCC(C(=O)O)[C@@H]1N=C(c2ccc(NCCCn3ccnc3)cc2)c2c(sc(C)c2C)-n2c(C)nnc21. The van der Waals surface area contributed by atoms with Crippen LogP contribution in [0, 0.1) is 26.7 Å². The number of rotatable bonds is 9. The van der Waals surface area contributed by atoms with E-state index < -0.39 is 17.9 Å². The maximum Gasteiger partial charge on any atom is 0.309 e. The van der Waals surface area contributed by atoms with E-state index in [0.717, 1.165) is 58.4 Å². The van der Waals surface area contributed by atoms with Crippen molar-refractivity contribution in [2.45, 2.75) is 53.1 Å². The highest BCUT2D eigenvalue weighted by Gasteiger charge is 2.37. The van der Waals surface area contributed by atoms with Crippen LogP contribution in [0.15, 0.2) is 48.0 Å². The van der Waals surface area contributed by atoms with Crippen LogP contribution in [0.1, 0.15) is 59.0 Å². The number of thiophene rings is 1. The average molecular weight is 518 g/mol. The van der Waals surface area contributed by atoms with Crippen LogP contribution in [-0.4, -0.2) is 47.6 Å². The van der Waals surface area contributed by atoms with Gasteiger partial charge in [-0.1, -0.05) is 19.1 Å². The molecule has 2 N–H and O–H groups in total. The van der Waals surface area contributed by atoms with Gasteiger partial charge in [-0.3, -0.25) is 14.4 Å². The van der Waals surface area contributed by atoms with Gasteiger partial charge in [0.1, 0.15) is 16.9 Å². The van der Waals surface area contributed by atoms with E-state index in [1.165, 1.54) is 4.88 Å². The van der Waals surface area contributed by atoms with Crippen LogP contribution in [0.5, 0.6) is 0 Å². The van der Waals surface area contributed by atoms with Gasteiger partial charge in [0.2, 0.25) is 0 Å². The molecular formula is C27H31N7O2S. The van der Waals surface area contributed by atoms with Crippen LogP contribution in [-0.2, 0) is 11.3 Å². The van der Waals surface area contributed by atoms with E-state index in [2.05, 4.69) is 63.2 Å². The fourth-order valence-corrected chi connectivity index (χ4v) is 6.02. The molecule has 0 fully saturated rings. The van der Waals surface area contributed by atoms with Crippen molar-refractivity contribution in [3.63, 3.8) is 0 Å². The molecule has 5 rings (SSSR count). The summed E-state index contributed by atoms with van der Waals surface area (Å²) in [6.45, 7) is 9.75. The molecule has 2 atom stereocenters. The topological polar surface area (TPSA) is 110 Å². The first-order valence-corrected chi connectivity index (χ1v) is 13.3. The molecule has 1 aliphatic heterocycles. The third-order valence-electron chi connectivity index (χ3n) is 6.97. The lowest BCUT2D eigenvalue weighted by atomic mass is 9.95. The van der Waals surface area contributed by atoms with Crippen molar-refractivity contribution in [2.75, 3.05) is 11.9 Å². The average Bonchev–Trinajstić information content (AvgIpc) is 3.58. The van der Waals surface area contributed by atoms with Crippen LogP contribution in [0.3, 0.4) is 0 Å². The molecule has 0 saturated carbocycles. The number of nitrogens with zero attached hydrogens (tertiary/aromatic N) is 6. The maximum absolute atomic E-state index is 12.2. The summed E-state index contributed by atoms with van der Waals surface area (Å²) < 4.78 is 4.07. The summed E-state index contributed by atoms with van der Waals surface area (Å²) in [5.41, 5.74) is 4.95. The number of carbonyl (C=O) groups is 1. The molecule has 0 amide bonds. The summed E-state index contributed by atoms with van der Waals surface area (Å²) in [4.78, 5) is 22.6. The summed E-state index contributed by atoms with van der Waals surface area (Å²) in [5, 5.41) is 23.2. The van der Waals surface area contributed by atoms with E-state index in [1.807, 2.05) is 30.9 Å². The van der Waals surface area contributed by atoms with E-state index in [-0.39, 0.29) is 0 Å². The molecule has 10 heteroatoms. The quantitative estimate of drug-likeness (QED) is 0.304. The summed E-state index contributed by atoms with van der Waals surface area (Å²) >= 11 is 1.67. The van der Waals surface area contributed by atoms with Crippen molar-refractivity contribution in [1.29, 1.82) is 0 Å². The lowest BCUT2D eigenvalue weighted by Crippen LogP contribution is -2.23. The van der Waals surface area contributed by atoms with Crippen LogP contribution in [0.2, 0.25) is 0 Å². The molecule has 1 aromatic carbocycles. The molecule has 4 heterocycles. The predicted molar refractivity (Wildman–Crippen MR) is 145 cm³/mol. The summed E-state index contributed by atoms with van der Waals surface area (Å²) in [6, 6.07) is 7.60. The Morgan fingerprint density at radius 2 is 1.97 bits per heavy atom. The molecule has 0 aliphatic carbocycles. The number of aromatic nitrogens is 5. The summed E-state index contributed by atoms with van der Waals surface area (Å²) in [5.74, 6) is -0.268. The van der Waals surface area contributed by atoms with Crippen LogP contribution >= 0.6 is 11.3 Å². The molecule has 192 valence electrons. The van der Waals surface area contributed by atoms with Crippen molar-refractivity contribution in [1.82, 2.24) is 24.3 Å². The molecule has 1 aliphatic rings. The van der Waals surface area contributed by atoms with Crippen molar-refractivity contribution in [2.24, 2.45) is 10.9 Å². The number of aryl methyl sites for hydroxylation is 3. The highest BCUT2D eigenvalue weighted by molar-refractivity contribution is 7.15. The van der Waals surface area contributed by atoms with Crippen molar-refractivity contribution in [3.05, 3.63) is 76.2 Å². The molecular weight excluding hydrogens is 486 g/mol. The number of aliphatic carboxylic acids is 1. The fraction of sp³-hybridized carbons (Fsp3) is 0.370. The lowest BCUT2D eigenvalue weighted by molar-refractivity contribution is -0.142. The molecule has 0 bridgehead atoms. The largest absolute Gasteiger partial charge is 0.481 e. The van der Waals surface area contributed by atoms with Gasteiger partial charge in [-0.2, -0.15) is 0 Å². The maximum atomic E-state index is 12.2. The second kappa shape index (κ2) is 10.3. The normalized spacial score (nSPS) is 15.5. The van der Waals surface area contributed by atoms with Gasteiger partial charge in [0.15, 0.2) is 5.82 Å². The van der Waals surface area contributed by atoms with Crippen molar-refractivity contribution in [3.8, 4) is 5.00 Å². The molecule has 0 spiro atoms. The number of hydrogen-bond donors (Lipinski definition) is 2.